The number of benzene rings is 6. The van der Waals surface area contributed by atoms with Crippen molar-refractivity contribution in [1.29, 1.82) is 5.26 Å². The standard InChI is InChI=1S/C42H41N2O.C14H11N2.Ir/c1-24(2)33-19-29(42(7,8)9)20-34(25(3)4)39(33)35-21-37(44-23-27(35)6)31-16-15-26(5)38-32-18-17-30(28-13-11-10-12-14-28)36(22-43)40(32)45-41(31)38;1-15-11-16(12-7-3-2-4-8-12)14-10-6-5-9-13(14)15;/h10-15,17-21,23-25H,1-9H3;2-7,9-10H,1H3;/q2*-1;+3/i5D3,6D3;1D3;. The van der Waals surface area contributed by atoms with Crippen LogP contribution in [-0.2, 0) is 32.5 Å². The molecule has 6 aromatic carbocycles. The number of rotatable bonds is 6. The van der Waals surface area contributed by atoms with Crippen LogP contribution in [0, 0.1) is 43.5 Å². The van der Waals surface area contributed by atoms with Gasteiger partial charge in [0.25, 0.3) is 0 Å². The Kier molecular flexibility index (Phi) is 9.56. The monoisotopic (exact) mass is 998 g/mol. The summed E-state index contributed by atoms with van der Waals surface area (Å²) in [6, 6.07) is 43.9. The smallest absolute Gasteiger partial charge is 0.499 e. The van der Waals surface area contributed by atoms with Gasteiger partial charge in [0.15, 0.2) is 0 Å². The zero-order chi connectivity index (χ0) is 50.7. The molecular formula is C56H52IrN4O+. The van der Waals surface area contributed by atoms with E-state index < -0.39 is 20.7 Å². The van der Waals surface area contributed by atoms with Crippen LogP contribution < -0.4 is 4.57 Å². The molecule has 0 amide bonds. The molecule has 0 saturated carbocycles. The Morgan fingerprint density at radius 1 is 0.806 bits per heavy atom. The van der Waals surface area contributed by atoms with E-state index in [1.807, 2.05) is 72.8 Å². The third kappa shape index (κ3) is 8.16. The first kappa shape index (κ1) is 33.5. The summed E-state index contributed by atoms with van der Waals surface area (Å²) in [7, 11) is 0. The molecule has 0 saturated heterocycles. The molecule has 9 rings (SSSR count). The Labute approximate surface area is 392 Å². The van der Waals surface area contributed by atoms with Crippen LogP contribution in [0.2, 0.25) is 0 Å². The minimum absolute atomic E-state index is 0. The number of nitrogens with zero attached hydrogens (tertiary/aromatic N) is 4. The number of furan rings is 1. The van der Waals surface area contributed by atoms with Gasteiger partial charge in [0.2, 0.25) is 6.33 Å². The number of fused-ring (bicyclic) bond motifs is 4. The number of nitriles is 1. The van der Waals surface area contributed by atoms with Crippen molar-refractivity contribution in [2.75, 3.05) is 0 Å². The second-order valence-corrected chi connectivity index (χ2v) is 16.9. The molecular weight excluding hydrogens is 937 g/mol. The molecule has 0 spiro atoms. The van der Waals surface area contributed by atoms with Gasteiger partial charge in [0, 0.05) is 25.4 Å². The van der Waals surface area contributed by atoms with Crippen molar-refractivity contribution < 1.29 is 41.4 Å². The van der Waals surface area contributed by atoms with E-state index in [0.29, 0.717) is 38.7 Å². The van der Waals surface area contributed by atoms with Gasteiger partial charge in [-0.2, -0.15) is 35.6 Å². The fourth-order valence-electron chi connectivity index (χ4n) is 7.94. The molecule has 0 aliphatic rings. The van der Waals surface area contributed by atoms with Crippen LogP contribution in [0.15, 0.2) is 126 Å². The van der Waals surface area contributed by atoms with Crippen molar-refractivity contribution in [2.24, 2.45) is 6.98 Å². The van der Waals surface area contributed by atoms with Crippen molar-refractivity contribution in [3.05, 3.63) is 173 Å². The summed E-state index contributed by atoms with van der Waals surface area (Å²) in [6.07, 6.45) is 4.29. The fourth-order valence-corrected chi connectivity index (χ4v) is 7.94. The predicted octanol–water partition coefficient (Wildman–Crippen LogP) is 13.9. The molecule has 0 radical (unpaired) electrons. The summed E-state index contributed by atoms with van der Waals surface area (Å²) in [5.41, 5.74) is 9.87. The Morgan fingerprint density at radius 3 is 2.16 bits per heavy atom. The fraction of sp³-hybridized carbons (Fsp3) is 0.232. The van der Waals surface area contributed by atoms with E-state index in [4.69, 9.17) is 16.8 Å². The van der Waals surface area contributed by atoms with Gasteiger partial charge in [0.1, 0.15) is 17.2 Å². The van der Waals surface area contributed by atoms with Crippen LogP contribution in [0.1, 0.15) is 106 Å². The Morgan fingerprint density at radius 2 is 1.52 bits per heavy atom. The van der Waals surface area contributed by atoms with Crippen LogP contribution in [0.25, 0.3) is 72.2 Å². The summed E-state index contributed by atoms with van der Waals surface area (Å²) in [4.78, 5) is 4.67. The molecule has 0 bridgehead atoms. The summed E-state index contributed by atoms with van der Waals surface area (Å²) < 4.78 is 82.9. The summed E-state index contributed by atoms with van der Waals surface area (Å²) >= 11 is 0. The van der Waals surface area contributed by atoms with Crippen molar-refractivity contribution in [1.82, 2.24) is 9.55 Å². The van der Waals surface area contributed by atoms with Crippen molar-refractivity contribution in [3.63, 3.8) is 0 Å². The Balaban J connectivity index is 0.000000308. The zero-order valence-electron chi connectivity index (χ0n) is 44.7. The third-order valence-corrected chi connectivity index (χ3v) is 11.1. The van der Waals surface area contributed by atoms with Crippen molar-refractivity contribution in [2.45, 2.75) is 79.4 Å². The van der Waals surface area contributed by atoms with E-state index in [9.17, 15) is 5.26 Å². The first-order valence-corrected chi connectivity index (χ1v) is 20.4. The van der Waals surface area contributed by atoms with E-state index in [1.165, 1.54) is 22.4 Å². The number of aromatic nitrogens is 3. The minimum atomic E-state index is -2.51. The number of para-hydroxylation sites is 3. The summed E-state index contributed by atoms with van der Waals surface area (Å²) in [5, 5.41) is 11.2. The van der Waals surface area contributed by atoms with E-state index >= 15 is 0 Å². The Hall–Kier alpha value is -6.12. The van der Waals surface area contributed by atoms with Gasteiger partial charge in [-0.15, -0.1) is 17.7 Å². The van der Waals surface area contributed by atoms with Gasteiger partial charge in [-0.25, -0.2) is 0 Å². The molecule has 5 nitrogen and oxygen atoms in total. The summed E-state index contributed by atoms with van der Waals surface area (Å²) in [5.74, 6) is 0.160. The predicted molar refractivity (Wildman–Crippen MR) is 250 cm³/mol. The molecule has 9 aromatic rings. The molecule has 0 aliphatic carbocycles. The zero-order valence-corrected chi connectivity index (χ0v) is 38.1. The molecule has 310 valence electrons. The largest absolute Gasteiger partial charge is 3.00 e. The van der Waals surface area contributed by atoms with Crippen molar-refractivity contribution in [3.8, 4) is 45.3 Å². The molecule has 0 fully saturated rings. The molecule has 0 atom stereocenters. The van der Waals surface area contributed by atoms with Crippen molar-refractivity contribution >= 4 is 33.0 Å². The maximum absolute atomic E-state index is 10.4. The topological polar surface area (TPSA) is 58.6 Å². The van der Waals surface area contributed by atoms with Crippen LogP contribution in [0.3, 0.4) is 0 Å². The molecule has 62 heavy (non-hydrogen) atoms. The van der Waals surface area contributed by atoms with Gasteiger partial charge in [-0.3, -0.25) is 0 Å². The number of imidazole rings is 1. The van der Waals surface area contributed by atoms with Crippen LogP contribution in [-0.4, -0.2) is 9.55 Å². The second-order valence-electron chi connectivity index (χ2n) is 16.9. The second kappa shape index (κ2) is 17.7. The molecule has 0 aliphatic heterocycles. The molecule has 0 unspecified atom stereocenters. The summed E-state index contributed by atoms with van der Waals surface area (Å²) in [6.45, 7) is 7.75. The first-order valence-electron chi connectivity index (χ1n) is 24.9. The maximum atomic E-state index is 10.4. The van der Waals surface area contributed by atoms with Crippen LogP contribution in [0.5, 0.6) is 0 Å². The number of hydrogen-bond donors (Lipinski definition) is 0. The number of aryl methyl sites for hydroxylation is 3. The van der Waals surface area contributed by atoms with Gasteiger partial charge in [0.05, 0.1) is 27.7 Å². The third-order valence-electron chi connectivity index (χ3n) is 11.1. The van der Waals surface area contributed by atoms with Gasteiger partial charge in [-0.05, 0) is 68.7 Å². The average Bonchev–Trinajstić information content (AvgIpc) is 3.90. The van der Waals surface area contributed by atoms with Gasteiger partial charge < -0.3 is 18.5 Å². The normalized spacial score (nSPS) is 14.3. The van der Waals surface area contributed by atoms with E-state index in [0.717, 1.165) is 33.5 Å². The average molecular weight is 998 g/mol. The first-order chi connectivity index (χ1) is 32.9. The SMILES string of the molecule is [2H]C([2H])([2H])[n+]1[c-]n(-c2[c-]cccc2)c2ccccc21.[2H]C([2H])([2H])c1cnc(-c2[c-]cc(C([2H])([2H])[2H])c3c2oc2c(C#N)c(-c4ccccc4)ccc23)cc1-c1c(C(C)C)cc(C(C)(C)C)cc1C(C)C.[Ir+3]. The number of hydrogen-bond acceptors (Lipinski definition) is 3. The van der Waals surface area contributed by atoms with Gasteiger partial charge in [-0.1, -0.05) is 157 Å². The number of pyridine rings is 1. The molecule has 3 heterocycles. The van der Waals surface area contributed by atoms with E-state index in [1.54, 1.807) is 28.8 Å². The van der Waals surface area contributed by atoms with E-state index in [2.05, 4.69) is 90.1 Å². The molecule has 3 aromatic heterocycles. The molecule has 0 N–H and O–H groups in total. The van der Waals surface area contributed by atoms with Crippen LogP contribution in [0.4, 0.5) is 0 Å². The quantitative estimate of drug-likeness (QED) is 0.123. The minimum Gasteiger partial charge on any atom is -0.499 e. The molecule has 6 heteroatoms. The van der Waals surface area contributed by atoms with E-state index in [-0.39, 0.29) is 65.2 Å². The Bertz CT molecular complexity index is 3420. The maximum Gasteiger partial charge on any atom is 3.00 e. The van der Waals surface area contributed by atoms with Gasteiger partial charge >= 0.3 is 20.1 Å². The van der Waals surface area contributed by atoms with Crippen LogP contribution >= 0.6 is 0 Å².